The van der Waals surface area contributed by atoms with Gasteiger partial charge in [0.25, 0.3) is 5.91 Å². The molecule has 1 aliphatic heterocycles. The van der Waals surface area contributed by atoms with E-state index in [0.29, 0.717) is 17.7 Å². The van der Waals surface area contributed by atoms with Crippen LogP contribution in [0.15, 0.2) is 34.8 Å². The Bertz CT molecular complexity index is 777. The third-order valence-corrected chi connectivity index (χ3v) is 3.75. The number of fused-ring (bicyclic) bond motifs is 1. The molecule has 2 heterocycles. The van der Waals surface area contributed by atoms with E-state index in [2.05, 4.69) is 21.2 Å². The van der Waals surface area contributed by atoms with Gasteiger partial charge in [-0.05, 0) is 43.3 Å². The first kappa shape index (κ1) is 13.6. The van der Waals surface area contributed by atoms with Gasteiger partial charge in [0.05, 0.1) is 17.0 Å². The maximum atomic E-state index is 12.1. The lowest BCUT2D eigenvalue weighted by Gasteiger charge is -2.05. The van der Waals surface area contributed by atoms with Gasteiger partial charge in [-0.2, -0.15) is 4.73 Å². The molecule has 1 amide bonds. The summed E-state index contributed by atoms with van der Waals surface area (Å²) in [7, 11) is 0. The van der Waals surface area contributed by atoms with Crippen molar-refractivity contribution in [2.45, 2.75) is 6.92 Å². The van der Waals surface area contributed by atoms with Crippen LogP contribution in [0.1, 0.15) is 17.0 Å². The van der Waals surface area contributed by atoms with Gasteiger partial charge in [0.2, 0.25) is 0 Å². The molecule has 0 saturated heterocycles. The van der Waals surface area contributed by atoms with Crippen LogP contribution in [-0.2, 0) is 9.59 Å². The highest BCUT2D eigenvalue weighted by Gasteiger charge is 2.24. The van der Waals surface area contributed by atoms with Gasteiger partial charge in [0.15, 0.2) is 0 Å². The van der Waals surface area contributed by atoms with Crippen molar-refractivity contribution in [3.05, 3.63) is 51.8 Å². The van der Waals surface area contributed by atoms with Crippen LogP contribution in [0.4, 0.5) is 5.69 Å². The van der Waals surface area contributed by atoms with Gasteiger partial charge in [-0.25, -0.2) is 0 Å². The average Bonchev–Trinajstić information content (AvgIpc) is 2.94. The molecule has 2 aromatic rings. The third kappa shape index (κ3) is 2.38. The lowest BCUT2D eigenvalue weighted by atomic mass is 10.1. The molecule has 5 nitrogen and oxygen atoms in total. The first-order valence-corrected chi connectivity index (χ1v) is 7.01. The van der Waals surface area contributed by atoms with Gasteiger partial charge in [-0.1, -0.05) is 15.9 Å². The van der Waals surface area contributed by atoms with Crippen LogP contribution in [0.2, 0.25) is 0 Å². The third-order valence-electron chi connectivity index (χ3n) is 3.26. The molecule has 1 N–H and O–H groups in total. The highest BCUT2D eigenvalue weighted by Crippen LogP contribution is 2.35. The molecule has 0 saturated carbocycles. The van der Waals surface area contributed by atoms with Crippen molar-refractivity contribution >= 4 is 45.6 Å². The number of carbonyl (C=O) groups excluding carboxylic acids is 2. The van der Waals surface area contributed by atoms with Crippen molar-refractivity contribution in [1.29, 1.82) is 0 Å². The van der Waals surface area contributed by atoms with E-state index < -0.39 is 0 Å². The van der Waals surface area contributed by atoms with E-state index in [1.165, 1.54) is 4.73 Å². The van der Waals surface area contributed by atoms with Crippen LogP contribution in [-0.4, -0.2) is 17.1 Å². The molecule has 0 bridgehead atoms. The van der Waals surface area contributed by atoms with E-state index in [0.717, 1.165) is 21.4 Å². The van der Waals surface area contributed by atoms with Crippen molar-refractivity contribution in [3.63, 3.8) is 0 Å². The van der Waals surface area contributed by atoms with Gasteiger partial charge >= 0.3 is 6.47 Å². The Morgan fingerprint density at radius 3 is 2.86 bits per heavy atom. The minimum atomic E-state index is -0.181. The number of anilines is 1. The lowest BCUT2D eigenvalue weighted by molar-refractivity contribution is -0.129. The van der Waals surface area contributed by atoms with E-state index in [4.69, 9.17) is 4.84 Å². The first-order valence-electron chi connectivity index (χ1n) is 6.22. The van der Waals surface area contributed by atoms with Gasteiger partial charge < -0.3 is 10.2 Å². The first-order chi connectivity index (χ1) is 10.1. The number of amides is 1. The van der Waals surface area contributed by atoms with E-state index in [1.807, 2.05) is 31.2 Å². The van der Waals surface area contributed by atoms with Crippen LogP contribution >= 0.6 is 15.9 Å². The van der Waals surface area contributed by atoms with Gasteiger partial charge in [-0.3, -0.25) is 9.59 Å². The summed E-state index contributed by atoms with van der Waals surface area (Å²) >= 11 is 3.40. The Morgan fingerprint density at radius 2 is 2.10 bits per heavy atom. The Balaban J connectivity index is 2.11. The van der Waals surface area contributed by atoms with Crippen LogP contribution in [0.3, 0.4) is 0 Å². The monoisotopic (exact) mass is 346 g/mol. The fourth-order valence-corrected chi connectivity index (χ4v) is 2.65. The lowest BCUT2D eigenvalue weighted by Crippen LogP contribution is -2.12. The summed E-state index contributed by atoms with van der Waals surface area (Å²) in [6.07, 6.45) is 1.70. The van der Waals surface area contributed by atoms with Crippen LogP contribution in [0.5, 0.6) is 0 Å². The maximum absolute atomic E-state index is 12.1. The maximum Gasteiger partial charge on any atom is 0.321 e. The molecule has 0 spiro atoms. The highest BCUT2D eigenvalue weighted by molar-refractivity contribution is 9.10. The molecule has 3 rings (SSSR count). The van der Waals surface area contributed by atoms with E-state index in [9.17, 15) is 9.59 Å². The number of rotatable bonds is 3. The van der Waals surface area contributed by atoms with Crippen LogP contribution in [0, 0.1) is 6.92 Å². The molecule has 6 heteroatoms. The minimum absolute atomic E-state index is 0.181. The number of hydrogen-bond donors (Lipinski definition) is 1. The molecule has 0 fully saturated rings. The molecule has 1 aromatic carbocycles. The fourth-order valence-electron chi connectivity index (χ4n) is 2.29. The summed E-state index contributed by atoms with van der Waals surface area (Å²) < 4.78 is 2.27. The summed E-state index contributed by atoms with van der Waals surface area (Å²) in [6, 6.07) is 9.17. The number of hydrogen-bond acceptors (Lipinski definition) is 3. The molecule has 1 aromatic heterocycles. The molecule has 0 unspecified atom stereocenters. The Hall–Kier alpha value is -2.34. The predicted octanol–water partition coefficient (Wildman–Crippen LogP) is 2.64. The number of nitrogens with zero attached hydrogens (tertiary/aromatic N) is 1. The molecule has 1 aliphatic rings. The van der Waals surface area contributed by atoms with Crippen molar-refractivity contribution in [1.82, 2.24) is 4.73 Å². The molecule has 0 radical (unpaired) electrons. The Labute approximate surface area is 129 Å². The second-order valence-electron chi connectivity index (χ2n) is 4.60. The quantitative estimate of drug-likeness (QED) is 0.686. The van der Waals surface area contributed by atoms with E-state index in [-0.39, 0.29) is 5.91 Å². The zero-order chi connectivity index (χ0) is 15.0. The number of carbonyl (C=O) groups is 2. The fraction of sp³-hybridized carbons (Fsp3) is 0.0667. The summed E-state index contributed by atoms with van der Waals surface area (Å²) in [5, 5.41) is 2.81. The number of halogens is 1. The number of aromatic nitrogens is 1. The van der Waals surface area contributed by atoms with E-state index in [1.54, 1.807) is 12.1 Å². The SMILES string of the molecule is Cc1ccc(/C=C2\C(=O)Nc3ccc(Br)cc32)n1OC=O. The average molecular weight is 347 g/mol. The summed E-state index contributed by atoms with van der Waals surface area (Å²) in [5.74, 6) is -0.181. The second-order valence-corrected chi connectivity index (χ2v) is 5.51. The molecular formula is C15H11BrN2O3. The normalized spacial score (nSPS) is 15.0. The minimum Gasteiger partial charge on any atom is -0.340 e. The molecule has 0 aliphatic carbocycles. The van der Waals surface area contributed by atoms with Gasteiger partial charge in [-0.15, -0.1) is 0 Å². The Kier molecular flexibility index (Phi) is 3.39. The second kappa shape index (κ2) is 5.21. The van der Waals surface area contributed by atoms with E-state index >= 15 is 0 Å². The van der Waals surface area contributed by atoms with Crippen LogP contribution in [0.25, 0.3) is 11.6 Å². The topological polar surface area (TPSA) is 60.3 Å². The van der Waals surface area contributed by atoms with Crippen molar-refractivity contribution in [2.24, 2.45) is 0 Å². The summed E-state index contributed by atoms with van der Waals surface area (Å²) in [5.41, 5.74) is 3.49. The number of benzene rings is 1. The van der Waals surface area contributed by atoms with Crippen molar-refractivity contribution in [3.8, 4) is 0 Å². The highest BCUT2D eigenvalue weighted by atomic mass is 79.9. The molecule has 106 valence electrons. The zero-order valence-electron chi connectivity index (χ0n) is 11.1. The predicted molar refractivity (Wildman–Crippen MR) is 82.5 cm³/mol. The van der Waals surface area contributed by atoms with Crippen molar-refractivity contribution < 1.29 is 14.4 Å². The summed E-state index contributed by atoms with van der Waals surface area (Å²) in [4.78, 5) is 27.6. The molecule has 0 atom stereocenters. The molecule has 21 heavy (non-hydrogen) atoms. The van der Waals surface area contributed by atoms with Gasteiger partial charge in [0.1, 0.15) is 0 Å². The van der Waals surface area contributed by atoms with Gasteiger partial charge in [0, 0.05) is 15.7 Å². The summed E-state index contributed by atoms with van der Waals surface area (Å²) in [6.45, 7) is 2.17. The Morgan fingerprint density at radius 1 is 1.29 bits per heavy atom. The smallest absolute Gasteiger partial charge is 0.321 e. The largest absolute Gasteiger partial charge is 0.340 e. The molecular weight excluding hydrogens is 336 g/mol. The van der Waals surface area contributed by atoms with Crippen molar-refractivity contribution in [2.75, 3.05) is 5.32 Å². The zero-order valence-corrected chi connectivity index (χ0v) is 12.7. The standard InChI is InChI=1S/C15H11BrN2O3/c1-9-2-4-11(18(9)21-8-19)7-13-12-6-10(16)3-5-14(12)17-15(13)20/h2-8H,1H3,(H,17,20)/b13-7-. The number of aryl methyl sites for hydroxylation is 1. The number of nitrogens with one attached hydrogen (secondary N) is 1. The van der Waals surface area contributed by atoms with Crippen LogP contribution < -0.4 is 10.2 Å².